The molecule has 0 spiro atoms. The van der Waals surface area contributed by atoms with Crippen molar-refractivity contribution >= 4 is 33.7 Å². The summed E-state index contributed by atoms with van der Waals surface area (Å²) in [4.78, 5) is 11.4. The zero-order valence-corrected chi connectivity index (χ0v) is 10.7. The van der Waals surface area contributed by atoms with E-state index in [1.807, 2.05) is 18.2 Å². The number of hydrogen-bond donors (Lipinski definition) is 1. The summed E-state index contributed by atoms with van der Waals surface area (Å²) in [6, 6.07) is 5.30. The van der Waals surface area contributed by atoms with Crippen LogP contribution in [0.1, 0.15) is 22.3 Å². The topological polar surface area (TPSA) is 52.3 Å². The number of halogens is 1. The molecular weight excluding hydrogens is 270 g/mol. The van der Waals surface area contributed by atoms with Crippen molar-refractivity contribution in [1.82, 2.24) is 0 Å². The molecule has 0 saturated heterocycles. The molecule has 0 unspecified atom stereocenters. The van der Waals surface area contributed by atoms with E-state index in [0.717, 1.165) is 17.3 Å². The van der Waals surface area contributed by atoms with Crippen molar-refractivity contribution in [3.05, 3.63) is 35.4 Å². The molecule has 4 heteroatoms. The van der Waals surface area contributed by atoms with E-state index in [1.54, 1.807) is 12.1 Å². The van der Waals surface area contributed by atoms with Crippen molar-refractivity contribution in [2.45, 2.75) is 6.42 Å². The second kappa shape index (κ2) is 6.33. The fourth-order valence-corrected chi connectivity index (χ4v) is 1.51. The van der Waals surface area contributed by atoms with Crippen molar-refractivity contribution in [3.8, 4) is 0 Å². The number of anilines is 1. The van der Waals surface area contributed by atoms with Gasteiger partial charge in [0.15, 0.2) is 0 Å². The van der Waals surface area contributed by atoms with Gasteiger partial charge < -0.3 is 10.5 Å². The summed E-state index contributed by atoms with van der Waals surface area (Å²) in [5, 5.41) is 0.919. The van der Waals surface area contributed by atoms with Crippen LogP contribution in [0.15, 0.2) is 24.3 Å². The first-order chi connectivity index (χ1) is 7.69. The molecule has 0 fully saturated rings. The van der Waals surface area contributed by atoms with Crippen LogP contribution >= 0.6 is 15.9 Å². The third-order valence-electron chi connectivity index (χ3n) is 2.07. The fourth-order valence-electron chi connectivity index (χ4n) is 1.25. The molecule has 3 nitrogen and oxygen atoms in total. The molecule has 0 radical (unpaired) electrons. The Labute approximate surface area is 103 Å². The van der Waals surface area contributed by atoms with Gasteiger partial charge in [-0.25, -0.2) is 4.79 Å². The summed E-state index contributed by atoms with van der Waals surface area (Å²) in [6.07, 6.45) is 4.92. The number of esters is 1. The van der Waals surface area contributed by atoms with Gasteiger partial charge in [0.05, 0.1) is 12.7 Å². The molecule has 0 amide bonds. The van der Waals surface area contributed by atoms with Gasteiger partial charge in [0, 0.05) is 11.0 Å². The number of alkyl halides is 1. The first-order valence-electron chi connectivity index (χ1n) is 4.89. The van der Waals surface area contributed by atoms with Gasteiger partial charge in [-0.05, 0) is 24.1 Å². The fraction of sp³-hybridized carbons (Fsp3) is 0.250. The Kier molecular flexibility index (Phi) is 5.05. The predicted molar refractivity (Wildman–Crippen MR) is 69.6 cm³/mol. The maximum Gasteiger partial charge on any atom is 0.339 e. The van der Waals surface area contributed by atoms with Crippen LogP contribution in [0, 0.1) is 0 Å². The van der Waals surface area contributed by atoms with E-state index in [4.69, 9.17) is 5.73 Å². The van der Waals surface area contributed by atoms with E-state index in [0.29, 0.717) is 11.3 Å². The van der Waals surface area contributed by atoms with E-state index in [1.165, 1.54) is 7.11 Å². The van der Waals surface area contributed by atoms with Crippen LogP contribution in [0.5, 0.6) is 0 Å². The largest absolute Gasteiger partial charge is 0.465 e. The number of ether oxygens (including phenoxy) is 1. The lowest BCUT2D eigenvalue weighted by molar-refractivity contribution is 0.0602. The van der Waals surface area contributed by atoms with E-state index in [-0.39, 0.29) is 0 Å². The zero-order valence-electron chi connectivity index (χ0n) is 9.07. The summed E-state index contributed by atoms with van der Waals surface area (Å²) in [7, 11) is 1.34. The number of nitrogen functional groups attached to an aromatic ring is 1. The smallest absolute Gasteiger partial charge is 0.339 e. The highest BCUT2D eigenvalue weighted by Crippen LogP contribution is 2.16. The van der Waals surface area contributed by atoms with Crippen molar-refractivity contribution in [2.75, 3.05) is 18.2 Å². The minimum atomic E-state index is -0.409. The molecule has 0 heterocycles. The lowest BCUT2D eigenvalue weighted by Crippen LogP contribution is -2.05. The number of benzene rings is 1. The Balaban J connectivity index is 2.93. The molecule has 2 N–H and O–H groups in total. The highest BCUT2D eigenvalue weighted by Gasteiger charge is 2.09. The first kappa shape index (κ1) is 12.8. The van der Waals surface area contributed by atoms with Crippen molar-refractivity contribution < 1.29 is 9.53 Å². The molecule has 1 aromatic rings. The van der Waals surface area contributed by atoms with Gasteiger partial charge >= 0.3 is 5.97 Å². The number of rotatable bonds is 4. The number of nitrogens with two attached hydrogens (primary N) is 1. The van der Waals surface area contributed by atoms with E-state index < -0.39 is 5.97 Å². The van der Waals surface area contributed by atoms with Crippen molar-refractivity contribution in [1.29, 1.82) is 0 Å². The Hall–Kier alpha value is -1.29. The van der Waals surface area contributed by atoms with Gasteiger partial charge in [0.1, 0.15) is 0 Å². The molecule has 0 aromatic heterocycles. The third kappa shape index (κ3) is 3.38. The summed E-state index contributed by atoms with van der Waals surface area (Å²) < 4.78 is 4.65. The van der Waals surface area contributed by atoms with Crippen LogP contribution in [0.2, 0.25) is 0 Å². The number of allylic oxidation sites excluding steroid dienone is 1. The summed E-state index contributed by atoms with van der Waals surface area (Å²) in [6.45, 7) is 0. The summed E-state index contributed by atoms with van der Waals surface area (Å²) in [5.74, 6) is -0.409. The van der Waals surface area contributed by atoms with Crippen LogP contribution in [0.4, 0.5) is 5.69 Å². The van der Waals surface area contributed by atoms with Gasteiger partial charge in [-0.2, -0.15) is 0 Å². The van der Waals surface area contributed by atoms with E-state index in [9.17, 15) is 4.79 Å². The van der Waals surface area contributed by atoms with Crippen LogP contribution in [0.25, 0.3) is 6.08 Å². The van der Waals surface area contributed by atoms with Gasteiger partial charge in [-0.15, -0.1) is 0 Å². The molecule has 0 aliphatic heterocycles. The Morgan fingerprint density at radius 1 is 1.56 bits per heavy atom. The Morgan fingerprint density at radius 2 is 2.31 bits per heavy atom. The summed E-state index contributed by atoms with van der Waals surface area (Å²) >= 11 is 3.34. The molecule has 0 atom stereocenters. The van der Waals surface area contributed by atoms with Crippen LogP contribution < -0.4 is 5.73 Å². The second-order valence-electron chi connectivity index (χ2n) is 3.22. The van der Waals surface area contributed by atoms with Gasteiger partial charge in [0.2, 0.25) is 0 Å². The van der Waals surface area contributed by atoms with Crippen molar-refractivity contribution in [2.24, 2.45) is 0 Å². The molecule has 0 bridgehead atoms. The predicted octanol–water partition coefficient (Wildman–Crippen LogP) is 2.85. The standard InChI is InChI=1S/C12H14BrNO2/c1-16-12(15)10-8-9(4-2-3-7-13)5-6-11(10)14/h2,4-6,8H,3,7,14H2,1H3. The average molecular weight is 284 g/mol. The van der Waals surface area contributed by atoms with Crippen molar-refractivity contribution in [3.63, 3.8) is 0 Å². The maximum absolute atomic E-state index is 11.4. The molecule has 1 aromatic carbocycles. The molecule has 0 aliphatic rings. The van der Waals surface area contributed by atoms with Crippen LogP contribution in [0.3, 0.4) is 0 Å². The lowest BCUT2D eigenvalue weighted by atomic mass is 10.1. The SMILES string of the molecule is COC(=O)c1cc(C=CCCBr)ccc1N. The lowest BCUT2D eigenvalue weighted by Gasteiger charge is -2.04. The minimum absolute atomic E-state index is 0.406. The zero-order chi connectivity index (χ0) is 12.0. The van der Waals surface area contributed by atoms with Crippen LogP contribution in [-0.2, 0) is 4.74 Å². The number of methoxy groups -OCH3 is 1. The number of carbonyl (C=O) groups is 1. The third-order valence-corrected chi connectivity index (χ3v) is 2.53. The van der Waals surface area contributed by atoms with E-state index in [2.05, 4.69) is 20.7 Å². The maximum atomic E-state index is 11.4. The molecule has 86 valence electrons. The van der Waals surface area contributed by atoms with Gasteiger partial charge in [0.25, 0.3) is 0 Å². The molecular formula is C12H14BrNO2. The first-order valence-corrected chi connectivity index (χ1v) is 6.01. The quantitative estimate of drug-likeness (QED) is 0.525. The van der Waals surface area contributed by atoms with Gasteiger partial charge in [-0.3, -0.25) is 0 Å². The Bertz CT molecular complexity index is 402. The molecule has 0 saturated carbocycles. The highest BCUT2D eigenvalue weighted by molar-refractivity contribution is 9.09. The monoisotopic (exact) mass is 283 g/mol. The summed E-state index contributed by atoms with van der Waals surface area (Å²) in [5.41, 5.74) is 7.47. The normalized spacial score (nSPS) is 10.6. The van der Waals surface area contributed by atoms with Gasteiger partial charge in [-0.1, -0.05) is 34.1 Å². The molecule has 1 rings (SSSR count). The molecule has 16 heavy (non-hydrogen) atoms. The Morgan fingerprint density at radius 3 is 2.94 bits per heavy atom. The second-order valence-corrected chi connectivity index (χ2v) is 4.01. The number of hydrogen-bond acceptors (Lipinski definition) is 3. The van der Waals surface area contributed by atoms with Crippen LogP contribution in [-0.4, -0.2) is 18.4 Å². The minimum Gasteiger partial charge on any atom is -0.465 e. The van der Waals surface area contributed by atoms with E-state index >= 15 is 0 Å². The number of carbonyl (C=O) groups excluding carboxylic acids is 1. The highest BCUT2D eigenvalue weighted by atomic mass is 79.9. The molecule has 0 aliphatic carbocycles. The average Bonchev–Trinajstić information content (AvgIpc) is 2.30.